The van der Waals surface area contributed by atoms with E-state index in [1.54, 1.807) is 0 Å². The van der Waals surface area contributed by atoms with Gasteiger partial charge in [0, 0.05) is 27.3 Å². The topological polar surface area (TPSA) is 64.9 Å². The van der Waals surface area contributed by atoms with Crippen molar-refractivity contribution in [3.63, 3.8) is 0 Å². The SMILES string of the molecule is Nc1c(Cl)c(N)c2c(c1Br)Cc1ncc(Br)cc1CC2. The molecule has 0 bridgehead atoms. The largest absolute Gasteiger partial charge is 0.397 e. The second-order valence-electron chi connectivity index (χ2n) is 4.85. The summed E-state index contributed by atoms with van der Waals surface area (Å²) >= 11 is 13.2. The van der Waals surface area contributed by atoms with Gasteiger partial charge in [-0.1, -0.05) is 11.6 Å². The van der Waals surface area contributed by atoms with Crippen molar-refractivity contribution in [3.8, 4) is 0 Å². The molecule has 0 spiro atoms. The molecule has 6 heteroatoms. The number of hydrogen-bond donors (Lipinski definition) is 2. The third-order valence-electron chi connectivity index (χ3n) is 3.68. The summed E-state index contributed by atoms with van der Waals surface area (Å²) in [6.45, 7) is 0. The van der Waals surface area contributed by atoms with E-state index in [4.69, 9.17) is 23.1 Å². The van der Waals surface area contributed by atoms with Gasteiger partial charge in [0.25, 0.3) is 0 Å². The van der Waals surface area contributed by atoms with Gasteiger partial charge < -0.3 is 11.5 Å². The van der Waals surface area contributed by atoms with Crippen molar-refractivity contribution < 1.29 is 0 Å². The fraction of sp³-hybridized carbons (Fsp3) is 0.214. The van der Waals surface area contributed by atoms with Gasteiger partial charge in [0.15, 0.2) is 0 Å². The average molecular weight is 418 g/mol. The molecule has 0 saturated carbocycles. The van der Waals surface area contributed by atoms with Crippen molar-refractivity contribution in [1.29, 1.82) is 0 Å². The number of rotatable bonds is 0. The first kappa shape index (κ1) is 14.2. The molecule has 0 amide bonds. The van der Waals surface area contributed by atoms with Crippen LogP contribution in [0.3, 0.4) is 0 Å². The van der Waals surface area contributed by atoms with Crippen molar-refractivity contribution in [2.45, 2.75) is 19.3 Å². The predicted molar refractivity (Wildman–Crippen MR) is 90.1 cm³/mol. The Morgan fingerprint density at radius 3 is 2.60 bits per heavy atom. The van der Waals surface area contributed by atoms with E-state index in [0.717, 1.165) is 38.6 Å². The summed E-state index contributed by atoms with van der Waals surface area (Å²) in [7, 11) is 0. The van der Waals surface area contributed by atoms with Gasteiger partial charge in [0.2, 0.25) is 0 Å². The third-order valence-corrected chi connectivity index (χ3v) is 5.43. The Labute approximate surface area is 139 Å². The normalized spacial score (nSPS) is 13.6. The number of aromatic nitrogens is 1. The zero-order chi connectivity index (χ0) is 14.4. The van der Waals surface area contributed by atoms with Crippen molar-refractivity contribution >= 4 is 54.8 Å². The minimum absolute atomic E-state index is 0.440. The number of pyridine rings is 1. The van der Waals surface area contributed by atoms with E-state index < -0.39 is 0 Å². The van der Waals surface area contributed by atoms with Gasteiger partial charge >= 0.3 is 0 Å². The lowest BCUT2D eigenvalue weighted by Gasteiger charge is -2.16. The van der Waals surface area contributed by atoms with Crippen molar-refractivity contribution in [3.05, 3.63) is 48.6 Å². The maximum atomic E-state index is 6.21. The van der Waals surface area contributed by atoms with Crippen molar-refractivity contribution in [2.24, 2.45) is 0 Å². The molecule has 4 N–H and O–H groups in total. The van der Waals surface area contributed by atoms with Gasteiger partial charge in [-0.05, 0) is 67.5 Å². The zero-order valence-corrected chi connectivity index (χ0v) is 14.4. The average Bonchev–Trinajstić information content (AvgIpc) is 2.62. The summed E-state index contributed by atoms with van der Waals surface area (Å²) in [5, 5.41) is 0.440. The van der Waals surface area contributed by atoms with Crippen LogP contribution in [0.1, 0.15) is 22.4 Å². The Bertz CT molecular complexity index is 716. The Hall–Kier alpha value is -0.780. The number of nitrogen functional groups attached to an aromatic ring is 2. The molecule has 0 unspecified atom stereocenters. The number of nitrogens with two attached hydrogens (primary N) is 2. The molecule has 2 aromatic rings. The fourth-order valence-corrected chi connectivity index (χ4v) is 3.89. The Balaban J connectivity index is 2.21. The predicted octanol–water partition coefficient (Wildman–Crippen LogP) is 4.11. The molecule has 1 heterocycles. The lowest BCUT2D eigenvalue weighted by Crippen LogP contribution is -2.05. The molecule has 1 aromatic heterocycles. The summed E-state index contributed by atoms with van der Waals surface area (Å²) in [6, 6.07) is 2.11. The number of anilines is 2. The first-order valence-electron chi connectivity index (χ1n) is 6.16. The smallest absolute Gasteiger partial charge is 0.0879 e. The summed E-state index contributed by atoms with van der Waals surface area (Å²) in [5.41, 5.74) is 17.7. The maximum absolute atomic E-state index is 6.21. The van der Waals surface area contributed by atoms with E-state index in [1.165, 1.54) is 5.56 Å². The van der Waals surface area contributed by atoms with Gasteiger partial charge in [-0.3, -0.25) is 4.98 Å². The molecule has 0 fully saturated rings. The van der Waals surface area contributed by atoms with E-state index in [2.05, 4.69) is 42.9 Å². The van der Waals surface area contributed by atoms with Crippen LogP contribution in [0.4, 0.5) is 11.4 Å². The van der Waals surface area contributed by atoms with E-state index in [9.17, 15) is 0 Å². The van der Waals surface area contributed by atoms with E-state index in [0.29, 0.717) is 22.8 Å². The van der Waals surface area contributed by atoms with Gasteiger partial charge in [0.05, 0.1) is 16.4 Å². The molecule has 0 aliphatic heterocycles. The van der Waals surface area contributed by atoms with E-state index in [1.807, 2.05) is 6.20 Å². The lowest BCUT2D eigenvalue weighted by molar-refractivity contribution is 0.951. The molecule has 1 aliphatic rings. The van der Waals surface area contributed by atoms with Gasteiger partial charge in [0.1, 0.15) is 0 Å². The highest BCUT2D eigenvalue weighted by Gasteiger charge is 2.23. The molecule has 104 valence electrons. The monoisotopic (exact) mass is 415 g/mol. The van der Waals surface area contributed by atoms with Crippen LogP contribution in [-0.4, -0.2) is 4.98 Å². The molecule has 0 radical (unpaired) electrons. The number of hydrogen-bond acceptors (Lipinski definition) is 3. The highest BCUT2D eigenvalue weighted by Crippen LogP contribution is 2.42. The molecule has 0 atom stereocenters. The molecule has 20 heavy (non-hydrogen) atoms. The molecule has 3 nitrogen and oxygen atoms in total. The molecule has 1 aliphatic carbocycles. The first-order chi connectivity index (χ1) is 9.49. The minimum atomic E-state index is 0.440. The van der Waals surface area contributed by atoms with Crippen molar-refractivity contribution in [1.82, 2.24) is 4.98 Å². The summed E-state index contributed by atoms with van der Waals surface area (Å²) in [6.07, 6.45) is 4.26. The quantitative estimate of drug-likeness (QED) is 0.634. The van der Waals surface area contributed by atoms with Gasteiger partial charge in [-0.2, -0.15) is 0 Å². The van der Waals surface area contributed by atoms with Crippen LogP contribution in [0.25, 0.3) is 0 Å². The molecular weight excluding hydrogens is 405 g/mol. The number of halogens is 3. The van der Waals surface area contributed by atoms with Crippen LogP contribution in [0.2, 0.25) is 5.02 Å². The van der Waals surface area contributed by atoms with Crippen molar-refractivity contribution in [2.75, 3.05) is 11.5 Å². The summed E-state index contributed by atoms with van der Waals surface area (Å²) in [5.74, 6) is 0. The number of nitrogens with zero attached hydrogens (tertiary/aromatic N) is 1. The summed E-state index contributed by atoms with van der Waals surface area (Å²) in [4.78, 5) is 4.52. The Kier molecular flexibility index (Phi) is 3.69. The number of aryl methyl sites for hydroxylation is 1. The highest BCUT2D eigenvalue weighted by atomic mass is 79.9. The minimum Gasteiger partial charge on any atom is -0.397 e. The van der Waals surface area contributed by atoms with Crippen LogP contribution in [0.15, 0.2) is 21.2 Å². The standard InChI is InChI=1S/C14H12Br2ClN3/c15-7-3-6-1-2-8-9(4-10(6)20-5-7)11(16)14(19)12(17)13(8)18/h3,5H,1-2,4,18-19H2. The van der Waals surface area contributed by atoms with Gasteiger partial charge in [-0.25, -0.2) is 0 Å². The fourth-order valence-electron chi connectivity index (χ4n) is 2.61. The van der Waals surface area contributed by atoms with Crippen LogP contribution >= 0.6 is 43.5 Å². The lowest BCUT2D eigenvalue weighted by atomic mass is 9.99. The van der Waals surface area contributed by atoms with Gasteiger partial charge in [-0.15, -0.1) is 0 Å². The molecule has 0 saturated heterocycles. The third kappa shape index (κ3) is 2.22. The second kappa shape index (κ2) is 5.20. The maximum Gasteiger partial charge on any atom is 0.0879 e. The highest BCUT2D eigenvalue weighted by molar-refractivity contribution is 9.11. The first-order valence-corrected chi connectivity index (χ1v) is 8.12. The van der Waals surface area contributed by atoms with Crippen LogP contribution < -0.4 is 11.5 Å². The second-order valence-corrected chi connectivity index (χ2v) is 6.94. The van der Waals surface area contributed by atoms with E-state index in [-0.39, 0.29) is 0 Å². The molecule has 3 rings (SSSR count). The van der Waals surface area contributed by atoms with Crippen LogP contribution in [0.5, 0.6) is 0 Å². The Morgan fingerprint density at radius 2 is 1.85 bits per heavy atom. The molecular formula is C14H12Br2ClN3. The summed E-state index contributed by atoms with van der Waals surface area (Å²) < 4.78 is 1.83. The number of fused-ring (bicyclic) bond motifs is 2. The van der Waals surface area contributed by atoms with E-state index >= 15 is 0 Å². The van der Waals surface area contributed by atoms with Crippen LogP contribution in [-0.2, 0) is 19.3 Å². The zero-order valence-electron chi connectivity index (χ0n) is 10.5. The molecule has 1 aromatic carbocycles. The number of benzene rings is 1. The Morgan fingerprint density at radius 1 is 1.10 bits per heavy atom. The van der Waals surface area contributed by atoms with Crippen LogP contribution in [0, 0.1) is 0 Å².